The maximum atomic E-state index is 5.72. The Morgan fingerprint density at radius 3 is 2.94 bits per heavy atom. The summed E-state index contributed by atoms with van der Waals surface area (Å²) in [6.07, 6.45) is 6.32. The van der Waals surface area contributed by atoms with Crippen LogP contribution in [0.5, 0.6) is 0 Å². The van der Waals surface area contributed by atoms with Crippen LogP contribution in [0, 0.1) is 0 Å². The first kappa shape index (κ1) is 10.4. The van der Waals surface area contributed by atoms with Gasteiger partial charge in [-0.15, -0.1) is 0 Å². The molecule has 1 aliphatic carbocycles. The molecule has 0 atom stereocenters. The molecule has 0 spiro atoms. The molecule has 1 fully saturated rings. The zero-order valence-corrected chi connectivity index (χ0v) is 9.47. The normalized spacial score (nSPS) is 17.0. The highest BCUT2D eigenvalue weighted by atomic mass is 16.5. The standard InChI is InChI=1S/C12H14N4O/c13-8-12(3-4-12)11-15-10(16-17-11)6-9-2-1-5-14-7-9/h1-2,5,7H,3-4,6,8,13H2. The molecular weight excluding hydrogens is 216 g/mol. The van der Waals surface area contributed by atoms with Gasteiger partial charge in [-0.05, 0) is 24.5 Å². The summed E-state index contributed by atoms with van der Waals surface area (Å²) in [5.41, 5.74) is 6.78. The van der Waals surface area contributed by atoms with Gasteiger partial charge in [0.2, 0.25) is 5.89 Å². The minimum absolute atomic E-state index is 0.0276. The van der Waals surface area contributed by atoms with E-state index in [0.717, 1.165) is 18.4 Å². The van der Waals surface area contributed by atoms with Crippen molar-refractivity contribution in [1.29, 1.82) is 0 Å². The van der Waals surface area contributed by atoms with Gasteiger partial charge in [0.15, 0.2) is 5.82 Å². The second-order valence-electron chi connectivity index (χ2n) is 4.54. The number of hydrogen-bond donors (Lipinski definition) is 1. The third-order valence-corrected chi connectivity index (χ3v) is 3.25. The van der Waals surface area contributed by atoms with Crippen LogP contribution in [0.2, 0.25) is 0 Å². The molecular formula is C12H14N4O. The van der Waals surface area contributed by atoms with Gasteiger partial charge in [0.1, 0.15) is 0 Å². The lowest BCUT2D eigenvalue weighted by Crippen LogP contribution is -2.20. The van der Waals surface area contributed by atoms with Crippen LogP contribution in [-0.2, 0) is 11.8 Å². The smallest absolute Gasteiger partial charge is 0.234 e. The number of aromatic nitrogens is 3. The summed E-state index contributed by atoms with van der Waals surface area (Å²) >= 11 is 0. The molecule has 2 aromatic rings. The van der Waals surface area contributed by atoms with E-state index in [1.807, 2.05) is 18.3 Å². The third-order valence-electron chi connectivity index (χ3n) is 3.25. The molecule has 0 saturated heterocycles. The van der Waals surface area contributed by atoms with Crippen molar-refractivity contribution in [2.24, 2.45) is 5.73 Å². The average Bonchev–Trinajstić information content (AvgIpc) is 3.05. The molecule has 2 aromatic heterocycles. The van der Waals surface area contributed by atoms with Crippen LogP contribution in [0.15, 0.2) is 29.0 Å². The number of nitrogens with two attached hydrogens (primary N) is 1. The van der Waals surface area contributed by atoms with Gasteiger partial charge in [-0.3, -0.25) is 4.98 Å². The summed E-state index contributed by atoms with van der Waals surface area (Å²) in [4.78, 5) is 8.48. The maximum absolute atomic E-state index is 5.72. The molecule has 88 valence electrons. The van der Waals surface area contributed by atoms with Crippen LogP contribution in [-0.4, -0.2) is 21.7 Å². The molecule has 2 N–H and O–H groups in total. The van der Waals surface area contributed by atoms with E-state index in [9.17, 15) is 0 Å². The molecule has 0 unspecified atom stereocenters. The Kier molecular flexibility index (Phi) is 2.40. The van der Waals surface area contributed by atoms with Crippen LogP contribution < -0.4 is 5.73 Å². The van der Waals surface area contributed by atoms with E-state index in [0.29, 0.717) is 24.7 Å². The van der Waals surface area contributed by atoms with Crippen molar-refractivity contribution in [2.75, 3.05) is 6.54 Å². The number of pyridine rings is 1. The quantitative estimate of drug-likeness (QED) is 0.849. The summed E-state index contributed by atoms with van der Waals surface area (Å²) in [6, 6.07) is 3.90. The minimum atomic E-state index is -0.0276. The molecule has 5 heteroatoms. The molecule has 0 aliphatic heterocycles. The Morgan fingerprint density at radius 2 is 2.29 bits per heavy atom. The van der Waals surface area contributed by atoms with Gasteiger partial charge in [-0.2, -0.15) is 4.98 Å². The van der Waals surface area contributed by atoms with Crippen molar-refractivity contribution in [3.8, 4) is 0 Å². The lowest BCUT2D eigenvalue weighted by atomic mass is 10.1. The van der Waals surface area contributed by atoms with Gasteiger partial charge in [0, 0.05) is 25.4 Å². The third kappa shape index (κ3) is 1.93. The Labute approximate surface area is 99.1 Å². The molecule has 1 saturated carbocycles. The molecule has 0 bridgehead atoms. The predicted octanol–water partition coefficient (Wildman–Crippen LogP) is 1.05. The fourth-order valence-corrected chi connectivity index (χ4v) is 1.88. The van der Waals surface area contributed by atoms with Gasteiger partial charge >= 0.3 is 0 Å². The van der Waals surface area contributed by atoms with Gasteiger partial charge in [-0.25, -0.2) is 0 Å². The molecule has 1 aliphatic rings. The van der Waals surface area contributed by atoms with Crippen molar-refractivity contribution in [3.05, 3.63) is 41.8 Å². The monoisotopic (exact) mass is 230 g/mol. The van der Waals surface area contributed by atoms with Crippen molar-refractivity contribution < 1.29 is 4.52 Å². The molecule has 17 heavy (non-hydrogen) atoms. The maximum Gasteiger partial charge on any atom is 0.234 e. The van der Waals surface area contributed by atoms with Gasteiger partial charge in [0.25, 0.3) is 0 Å². The molecule has 5 nitrogen and oxygen atoms in total. The van der Waals surface area contributed by atoms with E-state index < -0.39 is 0 Å². The van der Waals surface area contributed by atoms with Crippen LogP contribution in [0.25, 0.3) is 0 Å². The largest absolute Gasteiger partial charge is 0.339 e. The summed E-state index contributed by atoms with van der Waals surface area (Å²) in [6.45, 7) is 0.585. The lowest BCUT2D eigenvalue weighted by molar-refractivity contribution is 0.344. The fraction of sp³-hybridized carbons (Fsp3) is 0.417. The lowest BCUT2D eigenvalue weighted by Gasteiger charge is -2.03. The van der Waals surface area contributed by atoms with Crippen LogP contribution in [0.3, 0.4) is 0 Å². The highest BCUT2D eigenvalue weighted by Gasteiger charge is 2.48. The Balaban J connectivity index is 1.77. The topological polar surface area (TPSA) is 77.8 Å². The van der Waals surface area contributed by atoms with E-state index in [1.54, 1.807) is 6.20 Å². The highest BCUT2D eigenvalue weighted by molar-refractivity contribution is 5.18. The van der Waals surface area contributed by atoms with Crippen LogP contribution >= 0.6 is 0 Å². The van der Waals surface area contributed by atoms with Crippen molar-refractivity contribution >= 4 is 0 Å². The molecule has 0 amide bonds. The highest BCUT2D eigenvalue weighted by Crippen LogP contribution is 2.46. The Morgan fingerprint density at radius 1 is 1.41 bits per heavy atom. The molecule has 3 rings (SSSR count). The summed E-state index contributed by atoms with van der Waals surface area (Å²) in [5, 5.41) is 4.00. The van der Waals surface area contributed by atoms with Crippen molar-refractivity contribution in [3.63, 3.8) is 0 Å². The zero-order chi connectivity index (χ0) is 11.7. The molecule has 0 radical (unpaired) electrons. The fourth-order valence-electron chi connectivity index (χ4n) is 1.88. The zero-order valence-electron chi connectivity index (χ0n) is 9.47. The van der Waals surface area contributed by atoms with E-state index in [4.69, 9.17) is 10.3 Å². The summed E-state index contributed by atoms with van der Waals surface area (Å²) in [5.74, 6) is 1.40. The molecule has 2 heterocycles. The Bertz CT molecular complexity index is 504. The van der Waals surface area contributed by atoms with Crippen LogP contribution in [0.4, 0.5) is 0 Å². The first-order valence-electron chi connectivity index (χ1n) is 5.74. The Hall–Kier alpha value is -1.75. The minimum Gasteiger partial charge on any atom is -0.339 e. The second kappa shape index (κ2) is 3.92. The van der Waals surface area contributed by atoms with Crippen LogP contribution in [0.1, 0.15) is 30.1 Å². The first-order chi connectivity index (χ1) is 8.32. The van der Waals surface area contributed by atoms with E-state index in [1.165, 1.54) is 0 Å². The van der Waals surface area contributed by atoms with E-state index in [-0.39, 0.29) is 5.41 Å². The summed E-state index contributed by atoms with van der Waals surface area (Å²) in [7, 11) is 0. The van der Waals surface area contributed by atoms with E-state index in [2.05, 4.69) is 15.1 Å². The second-order valence-corrected chi connectivity index (χ2v) is 4.54. The van der Waals surface area contributed by atoms with Gasteiger partial charge in [-0.1, -0.05) is 11.2 Å². The van der Waals surface area contributed by atoms with Gasteiger partial charge < -0.3 is 10.3 Å². The number of nitrogens with zero attached hydrogens (tertiary/aromatic N) is 3. The predicted molar refractivity (Wildman–Crippen MR) is 61.3 cm³/mol. The van der Waals surface area contributed by atoms with Gasteiger partial charge in [0.05, 0.1) is 5.41 Å². The average molecular weight is 230 g/mol. The number of hydrogen-bond acceptors (Lipinski definition) is 5. The molecule has 0 aromatic carbocycles. The SMILES string of the molecule is NCC1(c2nc(Cc3cccnc3)no2)CC1. The van der Waals surface area contributed by atoms with E-state index >= 15 is 0 Å². The first-order valence-corrected chi connectivity index (χ1v) is 5.74. The summed E-state index contributed by atoms with van der Waals surface area (Å²) < 4.78 is 5.29. The number of rotatable bonds is 4. The van der Waals surface area contributed by atoms with Crippen molar-refractivity contribution in [1.82, 2.24) is 15.1 Å². The van der Waals surface area contributed by atoms with Crippen molar-refractivity contribution in [2.45, 2.75) is 24.7 Å².